The summed E-state index contributed by atoms with van der Waals surface area (Å²) in [6.07, 6.45) is 3.96. The van der Waals surface area contributed by atoms with Crippen molar-refractivity contribution in [2.45, 2.75) is 0 Å². The summed E-state index contributed by atoms with van der Waals surface area (Å²) in [6, 6.07) is 55.1. The van der Waals surface area contributed by atoms with Crippen LogP contribution in [0.2, 0.25) is 0 Å². The van der Waals surface area contributed by atoms with Crippen molar-refractivity contribution in [2.75, 3.05) is 0 Å². The van der Waals surface area contributed by atoms with Crippen molar-refractivity contribution < 1.29 is 0 Å². The van der Waals surface area contributed by atoms with E-state index in [4.69, 9.17) is 9.97 Å². The van der Waals surface area contributed by atoms with Crippen molar-refractivity contribution in [3.63, 3.8) is 0 Å². The van der Waals surface area contributed by atoms with Crippen molar-refractivity contribution in [3.8, 4) is 67.0 Å². The second-order valence-electron chi connectivity index (χ2n) is 10.3. The van der Waals surface area contributed by atoms with Crippen LogP contribution in [0.15, 0.2) is 170 Å². The van der Waals surface area contributed by atoms with E-state index in [0.29, 0.717) is 0 Å². The van der Waals surface area contributed by atoms with Gasteiger partial charge >= 0.3 is 0 Å². The largest absolute Gasteiger partial charge is 0.256 e. The summed E-state index contributed by atoms with van der Waals surface area (Å²) >= 11 is 0. The molecular formula is C40H28N2. The molecule has 0 aliphatic rings. The Hall–Kier alpha value is -5.60. The fraction of sp³-hybridized carbons (Fsp3) is 0. The van der Waals surface area contributed by atoms with Crippen molar-refractivity contribution in [2.24, 2.45) is 0 Å². The van der Waals surface area contributed by atoms with Crippen LogP contribution >= 0.6 is 0 Å². The number of hydrogen-bond acceptors (Lipinski definition) is 2. The van der Waals surface area contributed by atoms with E-state index in [1.807, 2.05) is 48.8 Å². The molecule has 0 saturated heterocycles. The lowest BCUT2D eigenvalue weighted by molar-refractivity contribution is 1.32. The van der Waals surface area contributed by atoms with E-state index >= 15 is 0 Å². The Labute approximate surface area is 246 Å². The Morgan fingerprint density at radius 2 is 0.619 bits per heavy atom. The van der Waals surface area contributed by atoms with Gasteiger partial charge in [-0.1, -0.05) is 140 Å². The molecule has 42 heavy (non-hydrogen) atoms. The van der Waals surface area contributed by atoms with Gasteiger partial charge in [-0.3, -0.25) is 9.97 Å². The molecule has 198 valence electrons. The third-order valence-corrected chi connectivity index (χ3v) is 7.63. The predicted molar refractivity (Wildman–Crippen MR) is 175 cm³/mol. The van der Waals surface area contributed by atoms with Gasteiger partial charge in [-0.25, -0.2) is 0 Å². The highest BCUT2D eigenvalue weighted by Gasteiger charge is 2.12. The second kappa shape index (κ2) is 11.5. The molecule has 2 nitrogen and oxygen atoms in total. The lowest BCUT2D eigenvalue weighted by atomic mass is 9.91. The minimum absolute atomic E-state index is 0.974. The first-order valence-electron chi connectivity index (χ1n) is 14.2. The van der Waals surface area contributed by atoms with E-state index in [-0.39, 0.29) is 0 Å². The number of hydrogen-bond donors (Lipinski definition) is 0. The smallest absolute Gasteiger partial charge is 0.0702 e. The van der Waals surface area contributed by atoms with Crippen LogP contribution in [0.5, 0.6) is 0 Å². The van der Waals surface area contributed by atoms with Gasteiger partial charge in [0.2, 0.25) is 0 Å². The van der Waals surface area contributed by atoms with Crippen molar-refractivity contribution in [3.05, 3.63) is 170 Å². The number of aromatic nitrogens is 2. The lowest BCUT2D eigenvalue weighted by Crippen LogP contribution is -1.90. The van der Waals surface area contributed by atoms with Gasteiger partial charge in [-0.05, 0) is 51.6 Å². The number of rotatable bonds is 6. The third-order valence-electron chi connectivity index (χ3n) is 7.63. The number of nitrogens with zero attached hydrogens (tertiary/aromatic N) is 2. The fourth-order valence-electron chi connectivity index (χ4n) is 5.49. The van der Waals surface area contributed by atoms with Gasteiger partial charge < -0.3 is 0 Å². The standard InChI is InChI=1S/C40H28N2/c1-3-12-29(13-4-1)39-24-22-33(27-41-39)37-20-9-7-18-35(37)31-16-11-17-32(26-31)36-19-8-10-21-38(36)34-23-25-40(42-28-34)30-14-5-2-6-15-30/h1-28H. The summed E-state index contributed by atoms with van der Waals surface area (Å²) < 4.78 is 0. The molecule has 0 aliphatic heterocycles. The molecule has 0 radical (unpaired) electrons. The molecule has 0 atom stereocenters. The van der Waals surface area contributed by atoms with Crippen LogP contribution in [-0.4, -0.2) is 9.97 Å². The average molecular weight is 537 g/mol. The zero-order valence-electron chi connectivity index (χ0n) is 23.1. The minimum Gasteiger partial charge on any atom is -0.256 e. The van der Waals surface area contributed by atoms with E-state index < -0.39 is 0 Å². The molecule has 7 rings (SSSR count). The fourth-order valence-corrected chi connectivity index (χ4v) is 5.49. The van der Waals surface area contributed by atoms with Crippen LogP contribution in [0, 0.1) is 0 Å². The van der Waals surface area contributed by atoms with Gasteiger partial charge in [0, 0.05) is 34.6 Å². The molecule has 0 saturated carbocycles. The lowest BCUT2D eigenvalue weighted by Gasteiger charge is -2.14. The van der Waals surface area contributed by atoms with E-state index in [1.165, 1.54) is 22.3 Å². The highest BCUT2D eigenvalue weighted by Crippen LogP contribution is 2.37. The number of benzene rings is 5. The predicted octanol–water partition coefficient (Wildman–Crippen LogP) is 10.5. The normalized spacial score (nSPS) is 10.9. The molecular weight excluding hydrogens is 508 g/mol. The highest BCUT2D eigenvalue weighted by molar-refractivity contribution is 5.88. The van der Waals surface area contributed by atoms with Gasteiger partial charge in [-0.2, -0.15) is 0 Å². The van der Waals surface area contributed by atoms with E-state index in [0.717, 1.165) is 44.8 Å². The molecule has 0 N–H and O–H groups in total. The first kappa shape index (κ1) is 25.4. The minimum atomic E-state index is 0.974. The first-order chi connectivity index (χ1) is 20.8. The Bertz CT molecular complexity index is 1800. The summed E-state index contributed by atoms with van der Waals surface area (Å²) in [6.45, 7) is 0. The second-order valence-corrected chi connectivity index (χ2v) is 10.3. The maximum Gasteiger partial charge on any atom is 0.0702 e. The van der Waals surface area contributed by atoms with Gasteiger partial charge in [0.25, 0.3) is 0 Å². The monoisotopic (exact) mass is 536 g/mol. The molecule has 0 aliphatic carbocycles. The molecule has 2 heterocycles. The molecule has 2 heteroatoms. The van der Waals surface area contributed by atoms with Crippen LogP contribution in [-0.2, 0) is 0 Å². The van der Waals surface area contributed by atoms with Crippen LogP contribution in [0.3, 0.4) is 0 Å². The third kappa shape index (κ3) is 5.14. The van der Waals surface area contributed by atoms with E-state index in [2.05, 4.69) is 121 Å². The van der Waals surface area contributed by atoms with Crippen LogP contribution in [0.1, 0.15) is 0 Å². The molecule has 2 aromatic heterocycles. The van der Waals surface area contributed by atoms with Crippen LogP contribution in [0.25, 0.3) is 67.0 Å². The Morgan fingerprint density at radius 3 is 1.00 bits per heavy atom. The Morgan fingerprint density at radius 1 is 0.262 bits per heavy atom. The molecule has 5 aromatic carbocycles. The van der Waals surface area contributed by atoms with Crippen molar-refractivity contribution in [1.82, 2.24) is 9.97 Å². The van der Waals surface area contributed by atoms with Gasteiger partial charge in [0.05, 0.1) is 11.4 Å². The van der Waals surface area contributed by atoms with Gasteiger partial charge in [-0.15, -0.1) is 0 Å². The zero-order chi connectivity index (χ0) is 28.1. The topological polar surface area (TPSA) is 25.8 Å². The highest BCUT2D eigenvalue weighted by atomic mass is 14.7. The quantitative estimate of drug-likeness (QED) is 0.211. The van der Waals surface area contributed by atoms with E-state index in [9.17, 15) is 0 Å². The summed E-state index contributed by atoms with van der Waals surface area (Å²) in [4.78, 5) is 9.58. The molecule has 0 bridgehead atoms. The molecule has 0 unspecified atom stereocenters. The van der Waals surface area contributed by atoms with Crippen molar-refractivity contribution in [1.29, 1.82) is 0 Å². The first-order valence-corrected chi connectivity index (χ1v) is 14.2. The Balaban J connectivity index is 1.23. The molecule has 0 fully saturated rings. The van der Waals surface area contributed by atoms with Gasteiger partial charge in [0.1, 0.15) is 0 Å². The van der Waals surface area contributed by atoms with E-state index in [1.54, 1.807) is 0 Å². The zero-order valence-corrected chi connectivity index (χ0v) is 23.1. The van der Waals surface area contributed by atoms with Crippen LogP contribution in [0.4, 0.5) is 0 Å². The molecule has 7 aromatic rings. The Kier molecular flexibility index (Phi) is 6.94. The maximum absolute atomic E-state index is 4.79. The average Bonchev–Trinajstić information content (AvgIpc) is 3.09. The number of pyridine rings is 2. The SMILES string of the molecule is c1ccc(-c2ccc(-c3ccccc3-c3cccc(-c4ccccc4-c4ccc(-c5ccccc5)nc4)c3)cn2)cc1. The maximum atomic E-state index is 4.79. The summed E-state index contributed by atoms with van der Waals surface area (Å²) in [5.41, 5.74) is 13.4. The summed E-state index contributed by atoms with van der Waals surface area (Å²) in [7, 11) is 0. The summed E-state index contributed by atoms with van der Waals surface area (Å²) in [5, 5.41) is 0. The van der Waals surface area contributed by atoms with Gasteiger partial charge in [0.15, 0.2) is 0 Å². The van der Waals surface area contributed by atoms with Crippen molar-refractivity contribution >= 4 is 0 Å². The summed E-state index contributed by atoms with van der Waals surface area (Å²) in [5.74, 6) is 0. The molecule has 0 spiro atoms. The molecule has 0 amide bonds. The van der Waals surface area contributed by atoms with Crippen LogP contribution < -0.4 is 0 Å².